The minimum Gasteiger partial charge on any atom is -0.459 e. The van der Waals surface area contributed by atoms with Crippen LogP contribution >= 0.6 is 0 Å². The van der Waals surface area contributed by atoms with Gasteiger partial charge in [-0.25, -0.2) is 4.90 Å². The quantitative estimate of drug-likeness (QED) is 0.0835. The Kier molecular flexibility index (Phi) is 13.5. The molecule has 0 spiro atoms. The van der Waals surface area contributed by atoms with Crippen LogP contribution in [0.3, 0.4) is 0 Å². The van der Waals surface area contributed by atoms with E-state index in [9.17, 15) is 14.7 Å². The number of Topliss-reactive ketones (excluding diaryl/α,β-unsaturated/α-hetero) is 1. The van der Waals surface area contributed by atoms with Crippen molar-refractivity contribution in [2.24, 2.45) is 17.8 Å². The van der Waals surface area contributed by atoms with E-state index < -0.39 is 41.5 Å². The molecule has 1 aromatic heterocycles. The first-order chi connectivity index (χ1) is 23.7. The minimum absolute atomic E-state index is 0.138. The predicted molar refractivity (Wildman–Crippen MR) is 197 cm³/mol. The van der Waals surface area contributed by atoms with Gasteiger partial charge in [-0.2, -0.15) is 0 Å². The summed E-state index contributed by atoms with van der Waals surface area (Å²) in [6.07, 6.45) is 5.10. The molecule has 2 aromatic rings. The third-order valence-electron chi connectivity index (χ3n) is 11.3. The second kappa shape index (κ2) is 16.9. The van der Waals surface area contributed by atoms with Gasteiger partial charge in [0.05, 0.1) is 17.8 Å². The van der Waals surface area contributed by atoms with Crippen LogP contribution in [0.25, 0.3) is 11.3 Å². The zero-order valence-electron chi connectivity index (χ0n) is 31.3. The fraction of sp³-hybridized carbons (Fsp3) is 0.676. The van der Waals surface area contributed by atoms with Crippen LogP contribution in [0.1, 0.15) is 73.6 Å². The van der Waals surface area contributed by atoms with Crippen LogP contribution in [0.4, 0.5) is 5.69 Å². The first kappa shape index (κ1) is 39.7. The van der Waals surface area contributed by atoms with Gasteiger partial charge in [-0.3, -0.25) is 14.3 Å². The standard InChI is InChI=1S/C37H59BN6O6/c1-9-14-28-33-37(7,50-35(47)44(33)18-12-11-17-43-22-29(41-42-43)26-15-13-16-27(39)19-26)30(10-2)49-34(46)25(5)31(45)24(4)32(38)36(6,48-8)20-23(3)21-40-28/h9,13,15-16,19,22-25,28,30,32-33,35,40,47H,1,10-12,14,17-18,20-21,38-39H2,2-8H3/t23-,24+,25-,28-,30-,32-,33-,35?,36-,37-/m1/s1. The summed E-state index contributed by atoms with van der Waals surface area (Å²) in [5.74, 6) is -2.10. The minimum atomic E-state index is -1.22. The van der Waals surface area contributed by atoms with Crippen molar-refractivity contribution in [1.82, 2.24) is 25.2 Å². The molecule has 276 valence electrons. The summed E-state index contributed by atoms with van der Waals surface area (Å²) in [6, 6.07) is 6.99. The van der Waals surface area contributed by atoms with Gasteiger partial charge in [-0.1, -0.05) is 44.2 Å². The fourth-order valence-electron chi connectivity index (χ4n) is 7.99. The number of unbranched alkanes of at least 4 members (excludes halogenated alkanes) is 1. The number of rotatable bonds is 10. The largest absolute Gasteiger partial charge is 0.459 e. The summed E-state index contributed by atoms with van der Waals surface area (Å²) in [7, 11) is 3.71. The van der Waals surface area contributed by atoms with Crippen LogP contribution in [-0.4, -0.2) is 101 Å². The molecule has 0 radical (unpaired) electrons. The SMILES string of the molecule is B[C@@H]1[C@@H](C)C(=O)[C@@H](C)C(=O)O[C@H](CC)[C@@]2(C)OC(O)N(CCCCn3cc(-c4cccc(N)c4)nn3)[C@@H]2[C@@H](CC=C)NC[C@H](C)C[C@@]1(C)OC. The molecule has 12 nitrogen and oxygen atoms in total. The third-order valence-corrected chi connectivity index (χ3v) is 11.3. The number of nitrogen functional groups attached to an aromatic ring is 1. The number of cyclic esters (lactones) is 1. The number of aliphatic hydroxyl groups excluding tert-OH is 1. The highest BCUT2D eigenvalue weighted by atomic mass is 16.7. The van der Waals surface area contributed by atoms with E-state index in [0.29, 0.717) is 44.6 Å². The molecule has 0 bridgehead atoms. The molecule has 10 atom stereocenters. The lowest BCUT2D eigenvalue weighted by Gasteiger charge is -2.43. The number of hydrogen-bond acceptors (Lipinski definition) is 11. The van der Waals surface area contributed by atoms with Crippen LogP contribution in [0.15, 0.2) is 43.1 Å². The zero-order valence-corrected chi connectivity index (χ0v) is 31.3. The van der Waals surface area contributed by atoms with Crippen LogP contribution in [0.5, 0.6) is 0 Å². The number of nitrogens with two attached hydrogens (primary N) is 1. The number of fused-ring (bicyclic) bond motifs is 1. The van der Waals surface area contributed by atoms with Crippen molar-refractivity contribution in [2.45, 2.75) is 122 Å². The molecule has 50 heavy (non-hydrogen) atoms. The van der Waals surface area contributed by atoms with Gasteiger partial charge in [-0.15, -0.1) is 11.7 Å². The highest BCUT2D eigenvalue weighted by Crippen LogP contribution is 2.42. The summed E-state index contributed by atoms with van der Waals surface area (Å²) in [4.78, 5) is 29.3. The number of anilines is 1. The summed E-state index contributed by atoms with van der Waals surface area (Å²) < 4.78 is 20.5. The first-order valence-electron chi connectivity index (χ1n) is 18.2. The average Bonchev–Trinajstić information content (AvgIpc) is 3.67. The molecule has 13 heteroatoms. The number of ether oxygens (including phenoxy) is 3. The molecule has 0 aliphatic carbocycles. The van der Waals surface area contributed by atoms with E-state index in [1.807, 2.05) is 81.7 Å². The van der Waals surface area contributed by atoms with E-state index in [0.717, 1.165) is 24.1 Å². The van der Waals surface area contributed by atoms with E-state index in [1.54, 1.807) is 14.0 Å². The number of carbonyl (C=O) groups excluding carboxylic acids is 2. The number of ketones is 1. The normalized spacial score (nSPS) is 34.8. The Labute approximate surface area is 298 Å². The molecule has 2 saturated heterocycles. The third kappa shape index (κ3) is 8.67. The lowest BCUT2D eigenvalue weighted by atomic mass is 9.62. The highest BCUT2D eigenvalue weighted by Gasteiger charge is 2.58. The van der Waals surface area contributed by atoms with E-state index in [4.69, 9.17) is 19.9 Å². The molecule has 1 aromatic carbocycles. The van der Waals surface area contributed by atoms with Gasteiger partial charge in [0.2, 0.25) is 6.41 Å². The number of nitrogens with zero attached hydrogens (tertiary/aromatic N) is 4. The van der Waals surface area contributed by atoms with Gasteiger partial charge in [0.15, 0.2) is 0 Å². The Morgan fingerprint density at radius 2 is 1.94 bits per heavy atom. The van der Waals surface area contributed by atoms with Gasteiger partial charge in [0.1, 0.15) is 36.9 Å². The topological polar surface area (TPSA) is 154 Å². The molecule has 0 amide bonds. The highest BCUT2D eigenvalue weighted by molar-refractivity contribution is 6.15. The maximum Gasteiger partial charge on any atom is 0.316 e. The van der Waals surface area contributed by atoms with Crippen LogP contribution in [-0.2, 0) is 30.3 Å². The molecule has 3 heterocycles. The maximum atomic E-state index is 13.7. The molecule has 4 rings (SSSR count). The molecule has 2 fully saturated rings. The monoisotopic (exact) mass is 694 g/mol. The Hall–Kier alpha value is -3.10. The second-order valence-electron chi connectivity index (χ2n) is 14.9. The maximum absolute atomic E-state index is 13.7. The molecular formula is C37H59BN6O6. The molecule has 1 unspecified atom stereocenters. The van der Waals surface area contributed by atoms with Crippen LogP contribution in [0, 0.1) is 17.8 Å². The number of nitrogens with one attached hydrogen (secondary N) is 1. The number of methoxy groups -OCH3 is 1. The van der Waals surface area contributed by atoms with Crippen molar-refractivity contribution in [2.75, 3.05) is 25.9 Å². The Bertz CT molecular complexity index is 1460. The van der Waals surface area contributed by atoms with E-state index in [2.05, 4.69) is 29.1 Å². The van der Waals surface area contributed by atoms with Crippen molar-refractivity contribution in [3.05, 3.63) is 43.1 Å². The van der Waals surface area contributed by atoms with E-state index in [1.165, 1.54) is 0 Å². The summed E-state index contributed by atoms with van der Waals surface area (Å²) in [6.45, 7) is 17.5. The number of hydrogen-bond donors (Lipinski definition) is 3. The molecule has 2 aliphatic heterocycles. The van der Waals surface area contributed by atoms with Crippen molar-refractivity contribution in [3.63, 3.8) is 0 Å². The van der Waals surface area contributed by atoms with E-state index >= 15 is 0 Å². The Morgan fingerprint density at radius 3 is 2.60 bits per heavy atom. The van der Waals surface area contributed by atoms with Gasteiger partial charge in [0, 0.05) is 43.4 Å². The van der Waals surface area contributed by atoms with Crippen LogP contribution in [0.2, 0.25) is 5.82 Å². The zero-order chi connectivity index (χ0) is 36.8. The van der Waals surface area contributed by atoms with Crippen molar-refractivity contribution in [3.8, 4) is 11.3 Å². The van der Waals surface area contributed by atoms with E-state index in [-0.39, 0.29) is 29.6 Å². The van der Waals surface area contributed by atoms with Crippen LogP contribution < -0.4 is 11.1 Å². The molecule has 4 N–H and O–H groups in total. The number of benzene rings is 1. The van der Waals surface area contributed by atoms with Gasteiger partial charge in [0.25, 0.3) is 0 Å². The Balaban J connectivity index is 1.59. The van der Waals surface area contributed by atoms with Crippen molar-refractivity contribution < 1.29 is 28.9 Å². The second-order valence-corrected chi connectivity index (χ2v) is 14.9. The number of carbonyl (C=O) groups is 2. The number of esters is 1. The van der Waals surface area contributed by atoms with Crippen molar-refractivity contribution in [1.29, 1.82) is 0 Å². The number of aliphatic hydroxyl groups is 1. The summed E-state index contributed by atoms with van der Waals surface area (Å²) in [5, 5.41) is 23.9. The lowest BCUT2D eigenvalue weighted by Crippen LogP contribution is -2.61. The summed E-state index contributed by atoms with van der Waals surface area (Å²) >= 11 is 0. The fourth-order valence-corrected chi connectivity index (χ4v) is 7.99. The van der Waals surface area contributed by atoms with Gasteiger partial charge >= 0.3 is 5.97 Å². The molecule has 0 saturated carbocycles. The smallest absolute Gasteiger partial charge is 0.316 e. The summed E-state index contributed by atoms with van der Waals surface area (Å²) in [5.41, 5.74) is 6.61. The first-order valence-corrected chi connectivity index (χ1v) is 18.2. The Morgan fingerprint density at radius 1 is 1.22 bits per heavy atom. The lowest BCUT2D eigenvalue weighted by molar-refractivity contribution is -0.207. The van der Waals surface area contributed by atoms with Gasteiger partial charge < -0.3 is 30.4 Å². The average molecular weight is 695 g/mol. The van der Waals surface area contributed by atoms with Crippen molar-refractivity contribution >= 4 is 25.3 Å². The number of aromatic nitrogens is 3. The van der Waals surface area contributed by atoms with Gasteiger partial charge in [-0.05, 0) is 83.3 Å². The number of aryl methyl sites for hydroxylation is 1. The predicted octanol–water partition coefficient (Wildman–Crippen LogP) is 3.61. The molecular weight excluding hydrogens is 635 g/mol. The molecule has 2 aliphatic rings.